The van der Waals surface area contributed by atoms with E-state index in [1.165, 1.54) is 0 Å². The second kappa shape index (κ2) is 7.42. The first kappa shape index (κ1) is 16.5. The third-order valence-electron chi connectivity index (χ3n) is 3.41. The zero-order valence-corrected chi connectivity index (χ0v) is 13.8. The number of amides is 1. The number of hydrogen-bond acceptors (Lipinski definition) is 3. The number of halogens is 1. The van der Waals surface area contributed by atoms with Crippen LogP contribution in [0.25, 0.3) is 0 Å². The number of aryl methyl sites for hydroxylation is 1. The minimum absolute atomic E-state index is 0.106. The number of nitrogens with one attached hydrogen (secondary N) is 1. The molecule has 5 nitrogen and oxygen atoms in total. The second-order valence-corrected chi connectivity index (χ2v) is 5.47. The summed E-state index contributed by atoms with van der Waals surface area (Å²) in [7, 11) is 1.60. The van der Waals surface area contributed by atoms with Crippen molar-refractivity contribution >= 4 is 17.5 Å². The SMILES string of the molecule is COCCNC(=O)c1cccc(Cn2nc(C)c(Cl)c2C)c1. The van der Waals surface area contributed by atoms with Gasteiger partial charge in [0.25, 0.3) is 5.91 Å². The number of nitrogens with zero attached hydrogens (tertiary/aromatic N) is 2. The molecule has 1 heterocycles. The van der Waals surface area contributed by atoms with E-state index in [1.807, 2.05) is 36.7 Å². The first-order valence-electron chi connectivity index (χ1n) is 7.08. The van der Waals surface area contributed by atoms with Gasteiger partial charge in [-0.1, -0.05) is 23.7 Å². The highest BCUT2D eigenvalue weighted by Gasteiger charge is 2.10. The molecule has 6 heteroatoms. The molecule has 2 aromatic rings. The predicted octanol–water partition coefficient (Wildman–Crippen LogP) is 2.58. The molecule has 0 aliphatic rings. The molecule has 0 atom stereocenters. The topological polar surface area (TPSA) is 56.1 Å². The molecule has 0 unspecified atom stereocenters. The molecule has 0 saturated carbocycles. The molecule has 0 saturated heterocycles. The number of methoxy groups -OCH3 is 1. The van der Waals surface area contributed by atoms with Gasteiger partial charge < -0.3 is 10.1 Å². The highest BCUT2D eigenvalue weighted by molar-refractivity contribution is 6.31. The number of hydrogen-bond donors (Lipinski definition) is 1. The van der Waals surface area contributed by atoms with Crippen LogP contribution in [-0.2, 0) is 11.3 Å². The minimum Gasteiger partial charge on any atom is -0.383 e. The summed E-state index contributed by atoms with van der Waals surface area (Å²) in [6.07, 6.45) is 0. The monoisotopic (exact) mass is 321 g/mol. The largest absolute Gasteiger partial charge is 0.383 e. The summed E-state index contributed by atoms with van der Waals surface area (Å²) in [5, 5.41) is 7.90. The average Bonchev–Trinajstić information content (AvgIpc) is 2.75. The van der Waals surface area contributed by atoms with Crippen LogP contribution in [0.4, 0.5) is 0 Å². The summed E-state index contributed by atoms with van der Waals surface area (Å²) in [5.74, 6) is -0.106. The molecule has 118 valence electrons. The molecule has 0 bridgehead atoms. The standard InChI is InChI=1S/C16H20ClN3O2/c1-11-15(17)12(2)20(19-11)10-13-5-4-6-14(9-13)16(21)18-7-8-22-3/h4-6,9H,7-8,10H2,1-3H3,(H,18,21). The summed E-state index contributed by atoms with van der Waals surface area (Å²) in [6, 6.07) is 7.50. The fraction of sp³-hybridized carbons (Fsp3) is 0.375. The Labute approximate surface area is 135 Å². The Bertz CT molecular complexity index is 667. The van der Waals surface area contributed by atoms with Crippen molar-refractivity contribution in [1.29, 1.82) is 0 Å². The quantitative estimate of drug-likeness (QED) is 0.832. The van der Waals surface area contributed by atoms with Crippen molar-refractivity contribution in [3.63, 3.8) is 0 Å². The molecule has 1 amide bonds. The van der Waals surface area contributed by atoms with E-state index >= 15 is 0 Å². The number of aromatic nitrogens is 2. The van der Waals surface area contributed by atoms with Crippen molar-refractivity contribution in [3.05, 3.63) is 51.8 Å². The molecule has 1 aromatic carbocycles. The van der Waals surface area contributed by atoms with Gasteiger partial charge in [-0.15, -0.1) is 0 Å². The molecule has 0 aliphatic heterocycles. The van der Waals surface area contributed by atoms with Crippen LogP contribution in [-0.4, -0.2) is 35.9 Å². The van der Waals surface area contributed by atoms with Gasteiger partial charge in [-0.2, -0.15) is 5.10 Å². The Kier molecular flexibility index (Phi) is 5.57. The van der Waals surface area contributed by atoms with Gasteiger partial charge in [0.2, 0.25) is 0 Å². The van der Waals surface area contributed by atoms with E-state index in [0.717, 1.165) is 17.0 Å². The number of rotatable bonds is 6. The van der Waals surface area contributed by atoms with Gasteiger partial charge in [0.05, 0.1) is 29.6 Å². The van der Waals surface area contributed by atoms with Crippen LogP contribution < -0.4 is 5.32 Å². The van der Waals surface area contributed by atoms with Crippen LogP contribution in [0.1, 0.15) is 27.3 Å². The van der Waals surface area contributed by atoms with Crippen LogP contribution in [0, 0.1) is 13.8 Å². The van der Waals surface area contributed by atoms with Crippen molar-refractivity contribution in [1.82, 2.24) is 15.1 Å². The Balaban J connectivity index is 2.11. The minimum atomic E-state index is -0.106. The normalized spacial score (nSPS) is 10.7. The van der Waals surface area contributed by atoms with E-state index in [0.29, 0.717) is 30.3 Å². The number of carbonyl (C=O) groups excluding carboxylic acids is 1. The summed E-state index contributed by atoms with van der Waals surface area (Å²) >= 11 is 6.16. The van der Waals surface area contributed by atoms with Gasteiger partial charge >= 0.3 is 0 Å². The van der Waals surface area contributed by atoms with Crippen molar-refractivity contribution in [3.8, 4) is 0 Å². The molecule has 1 aromatic heterocycles. The second-order valence-electron chi connectivity index (χ2n) is 5.09. The van der Waals surface area contributed by atoms with Crippen LogP contribution in [0.2, 0.25) is 5.02 Å². The fourth-order valence-electron chi connectivity index (χ4n) is 2.18. The van der Waals surface area contributed by atoms with E-state index in [1.54, 1.807) is 13.2 Å². The summed E-state index contributed by atoms with van der Waals surface area (Å²) in [5.41, 5.74) is 3.37. The van der Waals surface area contributed by atoms with Gasteiger partial charge in [0.1, 0.15) is 0 Å². The lowest BCUT2D eigenvalue weighted by Gasteiger charge is -2.08. The van der Waals surface area contributed by atoms with Gasteiger partial charge in [0.15, 0.2) is 0 Å². The molecule has 22 heavy (non-hydrogen) atoms. The highest BCUT2D eigenvalue weighted by Crippen LogP contribution is 2.20. The smallest absolute Gasteiger partial charge is 0.251 e. The van der Waals surface area contributed by atoms with E-state index in [2.05, 4.69) is 10.4 Å². The first-order valence-corrected chi connectivity index (χ1v) is 7.46. The lowest BCUT2D eigenvalue weighted by molar-refractivity contribution is 0.0937. The Hall–Kier alpha value is -1.85. The van der Waals surface area contributed by atoms with Crippen LogP contribution in [0.3, 0.4) is 0 Å². The van der Waals surface area contributed by atoms with Crippen molar-refractivity contribution in [2.75, 3.05) is 20.3 Å². The molecule has 2 rings (SSSR count). The summed E-state index contributed by atoms with van der Waals surface area (Å²) < 4.78 is 6.77. The Morgan fingerprint density at radius 2 is 2.18 bits per heavy atom. The van der Waals surface area contributed by atoms with E-state index in [4.69, 9.17) is 16.3 Å². The number of benzene rings is 1. The maximum absolute atomic E-state index is 12.0. The van der Waals surface area contributed by atoms with Crippen molar-refractivity contribution in [2.45, 2.75) is 20.4 Å². The summed E-state index contributed by atoms with van der Waals surface area (Å²) in [6.45, 7) is 5.38. The van der Waals surface area contributed by atoms with E-state index in [-0.39, 0.29) is 5.91 Å². The van der Waals surface area contributed by atoms with Crippen LogP contribution in [0.15, 0.2) is 24.3 Å². The zero-order chi connectivity index (χ0) is 16.1. The van der Waals surface area contributed by atoms with Crippen molar-refractivity contribution in [2.24, 2.45) is 0 Å². The van der Waals surface area contributed by atoms with Gasteiger partial charge in [0, 0.05) is 19.2 Å². The zero-order valence-electron chi connectivity index (χ0n) is 13.0. The maximum atomic E-state index is 12.0. The van der Waals surface area contributed by atoms with E-state index < -0.39 is 0 Å². The Morgan fingerprint density at radius 1 is 1.41 bits per heavy atom. The van der Waals surface area contributed by atoms with Crippen LogP contribution >= 0.6 is 11.6 Å². The summed E-state index contributed by atoms with van der Waals surface area (Å²) in [4.78, 5) is 12.0. The average molecular weight is 322 g/mol. The number of carbonyl (C=O) groups is 1. The Morgan fingerprint density at radius 3 is 2.82 bits per heavy atom. The van der Waals surface area contributed by atoms with Crippen molar-refractivity contribution < 1.29 is 9.53 Å². The highest BCUT2D eigenvalue weighted by atomic mass is 35.5. The molecule has 0 aliphatic carbocycles. The van der Waals surface area contributed by atoms with Crippen LogP contribution in [0.5, 0.6) is 0 Å². The first-order chi connectivity index (χ1) is 10.5. The molecule has 0 spiro atoms. The predicted molar refractivity (Wildman–Crippen MR) is 86.5 cm³/mol. The number of ether oxygens (including phenoxy) is 1. The fourth-order valence-corrected chi connectivity index (χ4v) is 2.32. The third-order valence-corrected chi connectivity index (χ3v) is 3.95. The van der Waals surface area contributed by atoms with Gasteiger partial charge in [-0.25, -0.2) is 0 Å². The maximum Gasteiger partial charge on any atom is 0.251 e. The lowest BCUT2D eigenvalue weighted by atomic mass is 10.1. The van der Waals surface area contributed by atoms with E-state index in [9.17, 15) is 4.79 Å². The molecular weight excluding hydrogens is 302 g/mol. The molecule has 1 N–H and O–H groups in total. The molecular formula is C16H20ClN3O2. The molecule has 0 fully saturated rings. The third kappa shape index (κ3) is 3.87. The lowest BCUT2D eigenvalue weighted by Crippen LogP contribution is -2.27. The van der Waals surface area contributed by atoms with Gasteiger partial charge in [-0.05, 0) is 31.5 Å². The molecule has 0 radical (unpaired) electrons. The van der Waals surface area contributed by atoms with Gasteiger partial charge in [-0.3, -0.25) is 9.48 Å².